The molecule has 2 aromatic carbocycles. The maximum absolute atomic E-state index is 5.95. The summed E-state index contributed by atoms with van der Waals surface area (Å²) in [7, 11) is 0. The van der Waals surface area contributed by atoms with Gasteiger partial charge in [0.25, 0.3) is 0 Å². The van der Waals surface area contributed by atoms with Gasteiger partial charge >= 0.3 is 0 Å². The zero-order valence-electron chi connectivity index (χ0n) is 10.9. The molecule has 0 saturated carbocycles. The number of hydrogen-bond donors (Lipinski definition) is 0. The molecule has 0 atom stereocenters. The molecule has 1 heterocycles. The van der Waals surface area contributed by atoms with Gasteiger partial charge in [-0.3, -0.25) is 0 Å². The van der Waals surface area contributed by atoms with Gasteiger partial charge in [-0.05, 0) is 41.6 Å². The first kappa shape index (κ1) is 14.2. The van der Waals surface area contributed by atoms with Crippen molar-refractivity contribution in [2.24, 2.45) is 0 Å². The Hall–Kier alpha value is -1.79. The Morgan fingerprint density at radius 1 is 1.14 bits per heavy atom. The van der Waals surface area contributed by atoms with Crippen LogP contribution in [-0.2, 0) is 0 Å². The monoisotopic (exact) mass is 367 g/mol. The lowest BCUT2D eigenvalue weighted by Crippen LogP contribution is -2.19. The van der Waals surface area contributed by atoms with E-state index >= 15 is 0 Å². The van der Waals surface area contributed by atoms with Crippen molar-refractivity contribution in [3.05, 3.63) is 52.0 Å². The highest BCUT2D eigenvalue weighted by Crippen LogP contribution is 2.18. The maximum atomic E-state index is 5.95. The largest absolute Gasteiger partial charge is 0.490 e. The van der Waals surface area contributed by atoms with Crippen LogP contribution in [0.3, 0.4) is 0 Å². The number of hydrogen-bond acceptors (Lipinski definition) is 4. The van der Waals surface area contributed by atoms with Crippen molar-refractivity contribution in [3.63, 3.8) is 0 Å². The van der Waals surface area contributed by atoms with E-state index in [1.165, 1.54) is 4.85 Å². The van der Waals surface area contributed by atoms with Crippen molar-refractivity contribution in [2.75, 3.05) is 13.2 Å². The van der Waals surface area contributed by atoms with Crippen LogP contribution in [0.15, 0.2) is 46.9 Å². The molecule has 0 aliphatic heterocycles. The van der Waals surface area contributed by atoms with Crippen molar-refractivity contribution in [1.82, 2.24) is 15.2 Å². The van der Waals surface area contributed by atoms with E-state index in [-0.39, 0.29) is 0 Å². The molecule has 21 heavy (non-hydrogen) atoms. The summed E-state index contributed by atoms with van der Waals surface area (Å²) in [6, 6.07) is 12.9. The molecule has 0 saturated heterocycles. The van der Waals surface area contributed by atoms with Crippen molar-refractivity contribution in [3.8, 4) is 5.75 Å². The molecular formula is C14H11BrClN3O2. The Balaban J connectivity index is 1.58. The Morgan fingerprint density at radius 2 is 2.05 bits per heavy atom. The van der Waals surface area contributed by atoms with Crippen LogP contribution in [0, 0.1) is 0 Å². The predicted octanol–water partition coefficient (Wildman–Crippen LogP) is 3.35. The number of benzene rings is 2. The minimum absolute atomic E-state index is 0.345. The smallest absolute Gasteiger partial charge is 0.151 e. The first-order valence-corrected chi connectivity index (χ1v) is 7.42. The Morgan fingerprint density at radius 3 is 2.90 bits per heavy atom. The quantitative estimate of drug-likeness (QED) is 0.648. The fourth-order valence-corrected chi connectivity index (χ4v) is 2.35. The molecule has 0 fully saturated rings. The fraction of sp³-hybridized carbons (Fsp3) is 0.143. The third-order valence-electron chi connectivity index (χ3n) is 2.74. The topological polar surface area (TPSA) is 49.2 Å². The molecule has 0 amide bonds. The zero-order chi connectivity index (χ0) is 14.7. The second-order valence-electron chi connectivity index (χ2n) is 4.23. The van der Waals surface area contributed by atoms with Gasteiger partial charge in [-0.1, -0.05) is 38.4 Å². The molecule has 7 heteroatoms. The molecule has 108 valence electrons. The normalized spacial score (nSPS) is 10.8. The molecule has 0 aliphatic carbocycles. The van der Waals surface area contributed by atoms with Crippen molar-refractivity contribution in [1.29, 1.82) is 0 Å². The highest BCUT2D eigenvalue weighted by molar-refractivity contribution is 9.10. The van der Waals surface area contributed by atoms with Crippen LogP contribution in [0.4, 0.5) is 0 Å². The second kappa shape index (κ2) is 6.32. The molecule has 5 nitrogen and oxygen atoms in total. The van der Waals surface area contributed by atoms with E-state index in [4.69, 9.17) is 21.2 Å². The Labute approximate surface area is 134 Å². The summed E-state index contributed by atoms with van der Waals surface area (Å²) in [5.74, 6) is 0.777. The summed E-state index contributed by atoms with van der Waals surface area (Å²) >= 11 is 9.34. The molecule has 0 unspecified atom stereocenters. The highest BCUT2D eigenvalue weighted by Gasteiger charge is 2.05. The first-order chi connectivity index (χ1) is 10.2. The molecule has 0 spiro atoms. The molecule has 1 aromatic heterocycles. The summed E-state index contributed by atoms with van der Waals surface area (Å²) in [6.45, 7) is 0.746. The first-order valence-electron chi connectivity index (χ1n) is 6.25. The van der Waals surface area contributed by atoms with Crippen LogP contribution in [0.25, 0.3) is 11.0 Å². The van der Waals surface area contributed by atoms with Crippen molar-refractivity contribution in [2.45, 2.75) is 0 Å². The molecule has 0 N–H and O–H groups in total. The Kier molecular flexibility index (Phi) is 4.26. The van der Waals surface area contributed by atoms with Gasteiger partial charge in [-0.2, -0.15) is 0 Å². The number of fused-ring (bicyclic) bond motifs is 1. The summed E-state index contributed by atoms with van der Waals surface area (Å²) in [6.07, 6.45) is 0. The van der Waals surface area contributed by atoms with Crippen LogP contribution in [0.1, 0.15) is 0 Å². The second-order valence-corrected chi connectivity index (χ2v) is 5.59. The van der Waals surface area contributed by atoms with Gasteiger partial charge < -0.3 is 9.57 Å². The standard InChI is InChI=1S/C14H11BrClN3O2/c15-10-2-1-3-12(8-10)20-6-7-21-19-14-9-11(16)4-5-13(14)17-18-19/h1-5,8-9H,6-7H2. The average molecular weight is 369 g/mol. The van der Waals surface area contributed by atoms with Crippen LogP contribution in [0.5, 0.6) is 5.75 Å². The lowest BCUT2D eigenvalue weighted by Gasteiger charge is -2.08. The van der Waals surface area contributed by atoms with Gasteiger partial charge in [0.15, 0.2) is 6.61 Å². The van der Waals surface area contributed by atoms with E-state index in [9.17, 15) is 0 Å². The van der Waals surface area contributed by atoms with Gasteiger partial charge in [0.2, 0.25) is 0 Å². The van der Waals surface area contributed by atoms with Gasteiger partial charge in [0, 0.05) is 9.50 Å². The zero-order valence-corrected chi connectivity index (χ0v) is 13.2. The molecule has 0 aliphatic rings. The summed E-state index contributed by atoms with van der Waals surface area (Å²) < 4.78 is 6.55. The number of rotatable bonds is 5. The van der Waals surface area contributed by atoms with Gasteiger partial charge in [-0.15, -0.1) is 5.10 Å². The van der Waals surface area contributed by atoms with Crippen LogP contribution in [-0.4, -0.2) is 28.4 Å². The number of nitrogens with zero attached hydrogens (tertiary/aromatic N) is 3. The van der Waals surface area contributed by atoms with Crippen LogP contribution in [0.2, 0.25) is 5.02 Å². The van der Waals surface area contributed by atoms with Gasteiger partial charge in [0.05, 0.1) is 0 Å². The van der Waals surface area contributed by atoms with E-state index < -0.39 is 0 Å². The summed E-state index contributed by atoms with van der Waals surface area (Å²) in [5.41, 5.74) is 1.46. The number of halogens is 2. The van der Waals surface area contributed by atoms with Crippen molar-refractivity contribution < 1.29 is 9.57 Å². The van der Waals surface area contributed by atoms with E-state index in [0.29, 0.717) is 18.2 Å². The molecule has 3 aromatic rings. The molecule has 0 radical (unpaired) electrons. The van der Waals surface area contributed by atoms with Crippen LogP contribution >= 0.6 is 27.5 Å². The van der Waals surface area contributed by atoms with E-state index in [2.05, 4.69) is 26.2 Å². The number of aromatic nitrogens is 3. The minimum Gasteiger partial charge on any atom is -0.490 e. The Bertz CT molecular complexity index is 763. The van der Waals surface area contributed by atoms with E-state index in [0.717, 1.165) is 21.3 Å². The minimum atomic E-state index is 0.345. The maximum Gasteiger partial charge on any atom is 0.151 e. The van der Waals surface area contributed by atoms with E-state index in [1.807, 2.05) is 24.3 Å². The SMILES string of the molecule is Clc1ccc2nnn(OCCOc3cccc(Br)c3)c2c1. The number of ether oxygens (including phenoxy) is 1. The third-order valence-corrected chi connectivity index (χ3v) is 3.47. The summed E-state index contributed by atoms with van der Waals surface area (Å²) in [4.78, 5) is 6.87. The van der Waals surface area contributed by atoms with Crippen LogP contribution < -0.4 is 9.57 Å². The van der Waals surface area contributed by atoms with Gasteiger partial charge in [0.1, 0.15) is 23.4 Å². The summed E-state index contributed by atoms with van der Waals surface area (Å²) in [5, 5.41) is 8.52. The third kappa shape index (κ3) is 3.46. The predicted molar refractivity (Wildman–Crippen MR) is 83.6 cm³/mol. The van der Waals surface area contributed by atoms with Gasteiger partial charge in [-0.25, -0.2) is 0 Å². The lowest BCUT2D eigenvalue weighted by molar-refractivity contribution is 0.0640. The average Bonchev–Trinajstić information content (AvgIpc) is 2.86. The van der Waals surface area contributed by atoms with E-state index in [1.54, 1.807) is 18.2 Å². The molecule has 0 bridgehead atoms. The molecule has 3 rings (SSSR count). The fourth-order valence-electron chi connectivity index (χ4n) is 1.81. The molecular weight excluding hydrogens is 358 g/mol. The highest BCUT2D eigenvalue weighted by atomic mass is 79.9. The lowest BCUT2D eigenvalue weighted by atomic mass is 10.3. The van der Waals surface area contributed by atoms with Crippen molar-refractivity contribution >= 4 is 38.6 Å².